The Kier molecular flexibility index (Phi) is 7.94. The molecule has 10 rings (SSSR count). The largest absolute Gasteiger partial charge is 0.308 e. The van der Waals surface area contributed by atoms with Crippen LogP contribution in [0.15, 0.2) is 152 Å². The van der Waals surface area contributed by atoms with Gasteiger partial charge in [0.25, 0.3) is 0 Å². The van der Waals surface area contributed by atoms with Crippen molar-refractivity contribution >= 4 is 43.6 Å². The van der Waals surface area contributed by atoms with E-state index in [1.807, 2.05) is 105 Å². The highest BCUT2D eigenvalue weighted by molar-refractivity contribution is 6.13. The second-order valence-corrected chi connectivity index (χ2v) is 14.5. The number of hydrogen-bond donors (Lipinski definition) is 0. The molecule has 0 bridgehead atoms. The SMILES string of the molecule is Cc1cc(-c2c(-n3c4ccccc4c4ccc(-c5cccc(C#N)c5)cc43)cc(C#N)cc2-n2c3ccccc3c3ccc(-c4cccc(C#N)c4)cc32)nc(C)n1. The van der Waals surface area contributed by atoms with Gasteiger partial charge in [-0.3, -0.25) is 0 Å². The Balaban J connectivity index is 1.36. The summed E-state index contributed by atoms with van der Waals surface area (Å²) in [5, 5.41) is 34.5. The lowest BCUT2D eigenvalue weighted by Crippen LogP contribution is -2.07. The average molecular weight is 742 g/mol. The van der Waals surface area contributed by atoms with Crippen LogP contribution in [0, 0.1) is 47.8 Å². The van der Waals surface area contributed by atoms with Gasteiger partial charge in [-0.25, -0.2) is 9.97 Å². The molecule has 7 heteroatoms. The summed E-state index contributed by atoms with van der Waals surface area (Å²) in [6.07, 6.45) is 0. The minimum Gasteiger partial charge on any atom is -0.308 e. The Morgan fingerprint density at radius 1 is 0.414 bits per heavy atom. The second kappa shape index (κ2) is 13.5. The van der Waals surface area contributed by atoms with Crippen LogP contribution in [-0.4, -0.2) is 19.1 Å². The van der Waals surface area contributed by atoms with Crippen molar-refractivity contribution in [2.75, 3.05) is 0 Å². The smallest absolute Gasteiger partial charge is 0.126 e. The number of nitrogens with zero attached hydrogens (tertiary/aromatic N) is 7. The van der Waals surface area contributed by atoms with E-state index in [0.717, 1.165) is 94.2 Å². The lowest BCUT2D eigenvalue weighted by molar-refractivity contribution is 1.01. The van der Waals surface area contributed by atoms with Crippen molar-refractivity contribution in [1.82, 2.24) is 19.1 Å². The lowest BCUT2D eigenvalue weighted by atomic mass is 10.00. The van der Waals surface area contributed by atoms with E-state index < -0.39 is 0 Å². The van der Waals surface area contributed by atoms with Gasteiger partial charge in [-0.15, -0.1) is 0 Å². The molecule has 0 aliphatic heterocycles. The summed E-state index contributed by atoms with van der Waals surface area (Å²) in [5.41, 5.74) is 13.3. The Morgan fingerprint density at radius 2 is 0.879 bits per heavy atom. The van der Waals surface area contributed by atoms with Crippen LogP contribution in [0.5, 0.6) is 0 Å². The molecular formula is C51H31N7. The quantitative estimate of drug-likeness (QED) is 0.174. The molecule has 0 saturated heterocycles. The van der Waals surface area contributed by atoms with Gasteiger partial charge >= 0.3 is 0 Å². The molecule has 0 N–H and O–H groups in total. The van der Waals surface area contributed by atoms with Gasteiger partial charge < -0.3 is 9.13 Å². The predicted molar refractivity (Wildman–Crippen MR) is 231 cm³/mol. The number of benzene rings is 7. The highest BCUT2D eigenvalue weighted by Gasteiger charge is 2.25. The molecule has 0 saturated carbocycles. The molecule has 0 radical (unpaired) electrons. The number of aromatic nitrogens is 4. The fraction of sp³-hybridized carbons (Fsp3) is 0.0392. The van der Waals surface area contributed by atoms with Crippen LogP contribution in [0.25, 0.3) is 88.5 Å². The van der Waals surface area contributed by atoms with Crippen molar-refractivity contribution in [3.63, 3.8) is 0 Å². The molecule has 0 fully saturated rings. The maximum absolute atomic E-state index is 10.8. The van der Waals surface area contributed by atoms with E-state index in [2.05, 4.69) is 93.0 Å². The van der Waals surface area contributed by atoms with E-state index in [1.54, 1.807) is 0 Å². The number of aryl methyl sites for hydroxylation is 2. The van der Waals surface area contributed by atoms with Crippen LogP contribution in [0.3, 0.4) is 0 Å². The summed E-state index contributed by atoms with van der Waals surface area (Å²) in [6.45, 7) is 3.88. The molecule has 0 spiro atoms. The molecule has 270 valence electrons. The normalized spacial score (nSPS) is 11.2. The molecular weight excluding hydrogens is 711 g/mol. The molecule has 0 unspecified atom stereocenters. The van der Waals surface area contributed by atoms with Crippen LogP contribution < -0.4 is 0 Å². The minimum atomic E-state index is 0.490. The highest BCUT2D eigenvalue weighted by atomic mass is 15.0. The van der Waals surface area contributed by atoms with Gasteiger partial charge in [0.05, 0.1) is 74.0 Å². The molecule has 7 aromatic carbocycles. The van der Waals surface area contributed by atoms with Gasteiger partial charge in [0, 0.05) is 32.8 Å². The summed E-state index contributed by atoms with van der Waals surface area (Å²) in [7, 11) is 0. The van der Waals surface area contributed by atoms with Crippen molar-refractivity contribution in [1.29, 1.82) is 15.8 Å². The van der Waals surface area contributed by atoms with E-state index in [9.17, 15) is 15.8 Å². The minimum absolute atomic E-state index is 0.490. The third-order valence-corrected chi connectivity index (χ3v) is 10.9. The van der Waals surface area contributed by atoms with Gasteiger partial charge in [-0.05, 0) is 103 Å². The van der Waals surface area contributed by atoms with Crippen molar-refractivity contribution in [3.8, 4) is 63.1 Å². The second-order valence-electron chi connectivity index (χ2n) is 14.5. The summed E-state index contributed by atoms with van der Waals surface area (Å²) >= 11 is 0. The first-order chi connectivity index (χ1) is 28.4. The molecule has 7 nitrogen and oxygen atoms in total. The molecule has 58 heavy (non-hydrogen) atoms. The van der Waals surface area contributed by atoms with Crippen molar-refractivity contribution < 1.29 is 0 Å². The monoisotopic (exact) mass is 741 g/mol. The molecule has 10 aromatic rings. The Morgan fingerprint density at radius 3 is 1.36 bits per heavy atom. The molecule has 3 heterocycles. The first-order valence-corrected chi connectivity index (χ1v) is 18.9. The first-order valence-electron chi connectivity index (χ1n) is 18.9. The van der Waals surface area contributed by atoms with Crippen molar-refractivity contribution in [3.05, 3.63) is 180 Å². The topological polar surface area (TPSA) is 107 Å². The lowest BCUT2D eigenvalue weighted by Gasteiger charge is -2.21. The molecule has 0 aliphatic rings. The highest BCUT2D eigenvalue weighted by Crippen LogP contribution is 2.43. The van der Waals surface area contributed by atoms with Crippen LogP contribution in [0.2, 0.25) is 0 Å². The van der Waals surface area contributed by atoms with E-state index in [1.165, 1.54) is 0 Å². The van der Waals surface area contributed by atoms with E-state index >= 15 is 0 Å². The van der Waals surface area contributed by atoms with Crippen molar-refractivity contribution in [2.45, 2.75) is 13.8 Å². The van der Waals surface area contributed by atoms with Crippen LogP contribution in [0.1, 0.15) is 28.2 Å². The number of hydrogen-bond acceptors (Lipinski definition) is 5. The average Bonchev–Trinajstić information content (AvgIpc) is 3.77. The van der Waals surface area contributed by atoms with Gasteiger partial charge in [0.15, 0.2) is 0 Å². The standard InChI is InChI=1S/C51H31N7/c1-31-21-44(56-32(2)55-31)51-49(57-45-15-5-3-13-40(45)42-19-17-38(26-47(42)57)36-11-7-9-33(22-36)28-52)24-35(30-54)25-50(51)58-46-16-6-4-14-41(46)43-20-18-39(27-48(43)58)37-12-8-10-34(23-37)29-53/h3-27H,1-2H3. The number of para-hydroxylation sites is 2. The molecule has 0 aliphatic carbocycles. The van der Waals surface area contributed by atoms with Gasteiger partial charge in [0.2, 0.25) is 0 Å². The van der Waals surface area contributed by atoms with Gasteiger partial charge in [-0.2, -0.15) is 15.8 Å². The number of nitriles is 3. The number of fused-ring (bicyclic) bond motifs is 6. The maximum atomic E-state index is 10.8. The fourth-order valence-electron chi connectivity index (χ4n) is 8.49. The van der Waals surface area contributed by atoms with Gasteiger partial charge in [-0.1, -0.05) is 84.9 Å². The molecule has 0 atom stereocenters. The fourth-order valence-corrected chi connectivity index (χ4v) is 8.49. The van der Waals surface area contributed by atoms with E-state index in [-0.39, 0.29) is 0 Å². The summed E-state index contributed by atoms with van der Waals surface area (Å²) in [5.74, 6) is 0.639. The zero-order valence-electron chi connectivity index (χ0n) is 31.6. The summed E-state index contributed by atoms with van der Waals surface area (Å²) in [4.78, 5) is 9.78. The third kappa shape index (κ3) is 5.48. The summed E-state index contributed by atoms with van der Waals surface area (Å²) in [6, 6.07) is 57.8. The summed E-state index contributed by atoms with van der Waals surface area (Å²) < 4.78 is 4.50. The Hall–Kier alpha value is -8.31. The zero-order chi connectivity index (χ0) is 39.5. The maximum Gasteiger partial charge on any atom is 0.126 e. The van der Waals surface area contributed by atoms with Crippen LogP contribution in [0.4, 0.5) is 0 Å². The molecule has 3 aromatic heterocycles. The van der Waals surface area contributed by atoms with Gasteiger partial charge in [0.1, 0.15) is 5.82 Å². The third-order valence-electron chi connectivity index (χ3n) is 10.9. The first kappa shape index (κ1) is 34.2. The Labute approximate surface area is 334 Å². The zero-order valence-corrected chi connectivity index (χ0v) is 31.6. The Bertz CT molecular complexity index is 3260. The van der Waals surface area contributed by atoms with Crippen molar-refractivity contribution in [2.24, 2.45) is 0 Å². The van der Waals surface area contributed by atoms with Crippen LogP contribution in [-0.2, 0) is 0 Å². The molecule has 0 amide bonds. The van der Waals surface area contributed by atoms with E-state index in [4.69, 9.17) is 4.98 Å². The van der Waals surface area contributed by atoms with Crippen LogP contribution >= 0.6 is 0 Å². The predicted octanol–water partition coefficient (Wildman–Crippen LogP) is 11.9. The number of rotatable bonds is 5. The van der Waals surface area contributed by atoms with E-state index in [0.29, 0.717) is 22.5 Å².